The number of hydrogen-bond acceptors (Lipinski definition) is 4. The summed E-state index contributed by atoms with van der Waals surface area (Å²) in [5.41, 5.74) is 1.48. The molecule has 0 radical (unpaired) electrons. The number of benzene rings is 1. The van der Waals surface area contributed by atoms with E-state index in [1.165, 1.54) is 5.56 Å². The van der Waals surface area contributed by atoms with Crippen LogP contribution in [0, 0.1) is 5.92 Å². The van der Waals surface area contributed by atoms with Gasteiger partial charge in [0.25, 0.3) is 0 Å². The first-order valence-corrected chi connectivity index (χ1v) is 12.4. The molecule has 2 aliphatic heterocycles. The number of aliphatic carboxylic acids is 1. The van der Waals surface area contributed by atoms with E-state index in [2.05, 4.69) is 43.1 Å². The third kappa shape index (κ3) is 6.14. The zero-order valence-electron chi connectivity index (χ0n) is 20.3. The molecule has 0 saturated carbocycles. The van der Waals surface area contributed by atoms with Gasteiger partial charge in [0.1, 0.15) is 11.6 Å². The summed E-state index contributed by atoms with van der Waals surface area (Å²) >= 11 is 0. The highest BCUT2D eigenvalue weighted by atomic mass is 16.4. The number of rotatable bonds is 10. The summed E-state index contributed by atoms with van der Waals surface area (Å²) in [4.78, 5) is 41.7. The molecule has 3 rings (SSSR count). The summed E-state index contributed by atoms with van der Waals surface area (Å²) in [6.45, 7) is 9.24. The van der Waals surface area contributed by atoms with E-state index in [1.54, 1.807) is 0 Å². The first-order valence-electron chi connectivity index (χ1n) is 12.4. The number of hydrogen-bond donors (Lipinski definition) is 2. The number of likely N-dealkylation sites (tertiary alicyclic amines) is 1. The molecule has 33 heavy (non-hydrogen) atoms. The molecule has 2 aliphatic rings. The van der Waals surface area contributed by atoms with Gasteiger partial charge < -0.3 is 15.3 Å². The van der Waals surface area contributed by atoms with Crippen molar-refractivity contribution in [3.05, 3.63) is 35.4 Å². The zero-order chi connectivity index (χ0) is 24.0. The van der Waals surface area contributed by atoms with Gasteiger partial charge in [0, 0.05) is 32.6 Å². The number of piperazine rings is 1. The van der Waals surface area contributed by atoms with E-state index in [1.807, 2.05) is 17.0 Å². The van der Waals surface area contributed by atoms with Crippen LogP contribution in [0.2, 0.25) is 0 Å². The second kappa shape index (κ2) is 11.1. The number of carboxylic acid groups (broad SMARTS) is 1. The maximum atomic E-state index is 13.3. The molecule has 1 atom stereocenters. The lowest BCUT2D eigenvalue weighted by molar-refractivity contribution is -0.161. The summed E-state index contributed by atoms with van der Waals surface area (Å²) in [7, 11) is 0. The molecule has 0 bridgehead atoms. The lowest BCUT2D eigenvalue weighted by atomic mass is 9.80. The third-order valence-corrected chi connectivity index (χ3v) is 6.99. The Morgan fingerprint density at radius 1 is 1.15 bits per heavy atom. The van der Waals surface area contributed by atoms with Gasteiger partial charge in [-0.2, -0.15) is 0 Å². The Morgan fingerprint density at radius 3 is 2.36 bits per heavy atom. The maximum absolute atomic E-state index is 13.3. The fourth-order valence-electron chi connectivity index (χ4n) is 5.05. The van der Waals surface area contributed by atoms with Crippen molar-refractivity contribution in [3.63, 3.8) is 0 Å². The van der Waals surface area contributed by atoms with Crippen molar-refractivity contribution in [2.24, 2.45) is 5.92 Å². The van der Waals surface area contributed by atoms with Crippen LogP contribution in [0.1, 0.15) is 70.4 Å². The van der Waals surface area contributed by atoms with E-state index in [0.29, 0.717) is 38.1 Å². The number of carbonyl (C=O) groups excluding carboxylic acids is 2. The first-order chi connectivity index (χ1) is 15.7. The minimum absolute atomic E-state index is 0.0197. The molecular formula is C26H39N3O4. The quantitative estimate of drug-likeness (QED) is 0.563. The van der Waals surface area contributed by atoms with Crippen molar-refractivity contribution in [3.8, 4) is 0 Å². The molecule has 1 aromatic rings. The molecule has 2 saturated heterocycles. The highest BCUT2D eigenvalue weighted by Gasteiger charge is 2.53. The van der Waals surface area contributed by atoms with E-state index >= 15 is 0 Å². The molecule has 2 N–H and O–H groups in total. The zero-order valence-corrected chi connectivity index (χ0v) is 20.3. The highest BCUT2D eigenvalue weighted by Crippen LogP contribution is 2.34. The Balaban J connectivity index is 1.64. The fourth-order valence-corrected chi connectivity index (χ4v) is 5.05. The molecule has 7 nitrogen and oxygen atoms in total. The van der Waals surface area contributed by atoms with Crippen molar-refractivity contribution in [1.29, 1.82) is 0 Å². The molecule has 1 spiro atoms. The predicted molar refractivity (Wildman–Crippen MR) is 128 cm³/mol. The second-order valence-corrected chi connectivity index (χ2v) is 10.0. The van der Waals surface area contributed by atoms with Crippen molar-refractivity contribution >= 4 is 17.8 Å². The number of nitrogens with zero attached hydrogens (tertiary/aromatic N) is 2. The normalized spacial score (nSPS) is 21.0. The van der Waals surface area contributed by atoms with Crippen molar-refractivity contribution < 1.29 is 19.5 Å². The average Bonchev–Trinajstić information content (AvgIpc) is 2.78. The van der Waals surface area contributed by atoms with Crippen molar-refractivity contribution in [2.75, 3.05) is 19.6 Å². The average molecular weight is 458 g/mol. The largest absolute Gasteiger partial charge is 0.481 e. The van der Waals surface area contributed by atoms with Crippen molar-refractivity contribution in [1.82, 2.24) is 15.1 Å². The van der Waals surface area contributed by atoms with Crippen LogP contribution in [0.5, 0.6) is 0 Å². The molecule has 2 heterocycles. The Morgan fingerprint density at radius 2 is 1.79 bits per heavy atom. The maximum Gasteiger partial charge on any atom is 0.303 e. The standard InChI is InChI=1S/C26H39N3O4/c1-4-5-14-29-24(32)22(17-19(2)3)27-25(33)26(29)12-15-28(16-13-26)18-21-8-6-20(7-9-21)10-11-23(30)31/h6-9,19,22H,4-5,10-18H2,1-3H3,(H,27,33)(H,30,31)/t22-/m0/s1. The van der Waals surface area contributed by atoms with Gasteiger partial charge in [-0.1, -0.05) is 51.5 Å². The second-order valence-electron chi connectivity index (χ2n) is 10.0. The summed E-state index contributed by atoms with van der Waals surface area (Å²) in [5.74, 6) is -0.331. The van der Waals surface area contributed by atoms with Gasteiger partial charge in [-0.15, -0.1) is 0 Å². The van der Waals surface area contributed by atoms with Crippen LogP contribution in [0.25, 0.3) is 0 Å². The summed E-state index contributed by atoms with van der Waals surface area (Å²) < 4.78 is 0. The summed E-state index contributed by atoms with van der Waals surface area (Å²) in [6.07, 6.45) is 4.56. The summed E-state index contributed by atoms with van der Waals surface area (Å²) in [5, 5.41) is 11.9. The van der Waals surface area contributed by atoms with E-state index in [0.717, 1.165) is 38.0 Å². The van der Waals surface area contributed by atoms with Crippen LogP contribution >= 0.6 is 0 Å². The molecule has 0 aliphatic carbocycles. The smallest absolute Gasteiger partial charge is 0.303 e. The fraction of sp³-hybridized carbons (Fsp3) is 0.654. The van der Waals surface area contributed by atoms with Crippen LogP contribution in [-0.2, 0) is 27.3 Å². The number of aryl methyl sites for hydroxylation is 1. The molecule has 7 heteroatoms. The molecule has 1 aromatic carbocycles. The topological polar surface area (TPSA) is 90.0 Å². The van der Waals surface area contributed by atoms with E-state index < -0.39 is 17.6 Å². The Hall–Kier alpha value is -2.41. The Kier molecular flexibility index (Phi) is 8.51. The molecule has 0 unspecified atom stereocenters. The van der Waals surface area contributed by atoms with Gasteiger partial charge in [-0.25, -0.2) is 0 Å². The number of unbranched alkanes of at least 4 members (excludes halogenated alkanes) is 1. The van der Waals surface area contributed by atoms with Gasteiger partial charge in [0.15, 0.2) is 0 Å². The number of amides is 2. The van der Waals surface area contributed by atoms with E-state index in [-0.39, 0.29) is 18.2 Å². The van der Waals surface area contributed by atoms with Crippen molar-refractivity contribution in [2.45, 2.75) is 83.8 Å². The van der Waals surface area contributed by atoms with E-state index in [4.69, 9.17) is 5.11 Å². The Labute approximate surface area is 197 Å². The Bertz CT molecular complexity index is 828. The number of piperidine rings is 1. The molecular weight excluding hydrogens is 418 g/mol. The predicted octanol–water partition coefficient (Wildman–Crippen LogP) is 3.21. The highest BCUT2D eigenvalue weighted by molar-refractivity contribution is 6.00. The lowest BCUT2D eigenvalue weighted by Gasteiger charge is -2.52. The van der Waals surface area contributed by atoms with Crippen LogP contribution in [0.3, 0.4) is 0 Å². The minimum atomic E-state index is -0.782. The van der Waals surface area contributed by atoms with Gasteiger partial charge >= 0.3 is 5.97 Å². The number of nitrogens with one attached hydrogen (secondary N) is 1. The van der Waals surface area contributed by atoms with Crippen LogP contribution in [-0.4, -0.2) is 63.9 Å². The van der Waals surface area contributed by atoms with Crippen LogP contribution < -0.4 is 5.32 Å². The molecule has 2 fully saturated rings. The monoisotopic (exact) mass is 457 g/mol. The van der Waals surface area contributed by atoms with Crippen LogP contribution in [0.15, 0.2) is 24.3 Å². The molecule has 182 valence electrons. The minimum Gasteiger partial charge on any atom is -0.481 e. The molecule has 2 amide bonds. The molecule has 0 aromatic heterocycles. The van der Waals surface area contributed by atoms with Gasteiger partial charge in [0.05, 0.1) is 0 Å². The van der Waals surface area contributed by atoms with Gasteiger partial charge in [0.2, 0.25) is 11.8 Å². The number of carboxylic acids is 1. The lowest BCUT2D eigenvalue weighted by Crippen LogP contribution is -2.73. The first kappa shape index (κ1) is 25.2. The van der Waals surface area contributed by atoms with Crippen LogP contribution in [0.4, 0.5) is 0 Å². The third-order valence-electron chi connectivity index (χ3n) is 6.99. The number of carbonyl (C=O) groups is 3. The van der Waals surface area contributed by atoms with Gasteiger partial charge in [-0.3, -0.25) is 19.3 Å². The summed E-state index contributed by atoms with van der Waals surface area (Å²) in [6, 6.07) is 7.71. The SMILES string of the molecule is CCCCN1C(=O)[C@H](CC(C)C)NC(=O)C12CCN(Cc1ccc(CCC(=O)O)cc1)CC2. The van der Waals surface area contributed by atoms with Gasteiger partial charge in [-0.05, 0) is 49.1 Å². The van der Waals surface area contributed by atoms with E-state index in [9.17, 15) is 14.4 Å².